The Bertz CT molecular complexity index is 457. The number of ether oxygens (including phenoxy) is 1. The lowest BCUT2D eigenvalue weighted by Crippen LogP contribution is -2.36. The highest BCUT2D eigenvalue weighted by Crippen LogP contribution is 2.30. The Kier molecular flexibility index (Phi) is 6.20. The van der Waals surface area contributed by atoms with Crippen molar-refractivity contribution in [1.82, 2.24) is 5.32 Å². The molecule has 0 heterocycles. The Balaban J connectivity index is 2.99. The quantitative estimate of drug-likeness (QED) is 0.814. The molecular weight excluding hydrogens is 283 g/mol. The number of rotatable bonds is 6. The van der Waals surface area contributed by atoms with E-state index in [-0.39, 0.29) is 12.6 Å². The number of halogens is 3. The molecule has 21 heavy (non-hydrogen) atoms. The fourth-order valence-electron chi connectivity index (χ4n) is 1.79. The molecule has 0 saturated carbocycles. The number of carbonyl (C=O) groups is 1. The van der Waals surface area contributed by atoms with Crippen molar-refractivity contribution in [3.8, 4) is 0 Å². The summed E-state index contributed by atoms with van der Waals surface area (Å²) < 4.78 is 42.7. The van der Waals surface area contributed by atoms with Crippen molar-refractivity contribution in [2.45, 2.75) is 45.5 Å². The van der Waals surface area contributed by atoms with E-state index in [9.17, 15) is 18.0 Å². The van der Waals surface area contributed by atoms with E-state index in [2.05, 4.69) is 5.32 Å². The predicted molar refractivity (Wildman–Crippen MR) is 73.7 cm³/mol. The molecule has 6 heteroatoms. The van der Waals surface area contributed by atoms with Crippen molar-refractivity contribution >= 4 is 5.97 Å². The lowest BCUT2D eigenvalue weighted by molar-refractivity contribution is -0.146. The summed E-state index contributed by atoms with van der Waals surface area (Å²) in [5.41, 5.74) is -0.279. The monoisotopic (exact) mass is 303 g/mol. The van der Waals surface area contributed by atoms with Gasteiger partial charge in [-0.2, -0.15) is 13.2 Å². The fraction of sp³-hybridized carbons (Fsp3) is 0.533. The van der Waals surface area contributed by atoms with Crippen LogP contribution in [-0.2, 0) is 15.7 Å². The van der Waals surface area contributed by atoms with Gasteiger partial charge in [0.15, 0.2) is 0 Å². The van der Waals surface area contributed by atoms with Crippen LogP contribution in [-0.4, -0.2) is 18.6 Å². The van der Waals surface area contributed by atoms with Gasteiger partial charge < -0.3 is 4.74 Å². The molecule has 3 nitrogen and oxygen atoms in total. The molecule has 0 aliphatic carbocycles. The van der Waals surface area contributed by atoms with Crippen LogP contribution in [0.5, 0.6) is 0 Å². The van der Waals surface area contributed by atoms with E-state index in [0.29, 0.717) is 5.56 Å². The molecule has 0 spiro atoms. The summed E-state index contributed by atoms with van der Waals surface area (Å²) in [5, 5.41) is 3.07. The third kappa shape index (κ3) is 5.04. The Labute approximate surface area is 122 Å². The molecule has 1 rings (SSSR count). The van der Waals surface area contributed by atoms with E-state index in [1.165, 1.54) is 12.1 Å². The van der Waals surface area contributed by atoms with Crippen LogP contribution in [0.15, 0.2) is 24.3 Å². The summed E-state index contributed by atoms with van der Waals surface area (Å²) in [6.07, 6.45) is -3.60. The van der Waals surface area contributed by atoms with Gasteiger partial charge in [0.2, 0.25) is 0 Å². The molecule has 0 radical (unpaired) electrons. The van der Waals surface area contributed by atoms with Gasteiger partial charge in [0.05, 0.1) is 12.2 Å². The first-order chi connectivity index (χ1) is 9.79. The maximum atomic E-state index is 12.6. The van der Waals surface area contributed by atoms with Crippen LogP contribution < -0.4 is 5.32 Å². The second-order valence-electron chi connectivity index (χ2n) is 4.78. The first kappa shape index (κ1) is 17.5. The summed E-state index contributed by atoms with van der Waals surface area (Å²) >= 11 is 0. The van der Waals surface area contributed by atoms with Crippen LogP contribution in [0.2, 0.25) is 0 Å². The number of carbonyl (C=O) groups excluding carboxylic acids is 1. The molecule has 1 N–H and O–H groups in total. The van der Waals surface area contributed by atoms with Crippen LogP contribution in [0, 0.1) is 0 Å². The Morgan fingerprint density at radius 1 is 1.24 bits per heavy atom. The number of hydrogen-bond donors (Lipinski definition) is 1. The van der Waals surface area contributed by atoms with Crippen molar-refractivity contribution in [2.24, 2.45) is 0 Å². The van der Waals surface area contributed by atoms with Crippen molar-refractivity contribution in [1.29, 1.82) is 0 Å². The molecule has 118 valence electrons. The van der Waals surface area contributed by atoms with Crippen LogP contribution >= 0.6 is 0 Å². The fourth-order valence-corrected chi connectivity index (χ4v) is 1.79. The number of nitrogens with one attached hydrogen (secondary N) is 1. The predicted octanol–water partition coefficient (Wildman–Crippen LogP) is 3.70. The number of hydrogen-bond acceptors (Lipinski definition) is 3. The van der Waals surface area contributed by atoms with Gasteiger partial charge >= 0.3 is 12.1 Å². The first-order valence-electron chi connectivity index (χ1n) is 6.89. The highest BCUT2D eigenvalue weighted by molar-refractivity contribution is 5.77. The lowest BCUT2D eigenvalue weighted by atomic mass is 10.0. The Morgan fingerprint density at radius 3 is 2.24 bits per heavy atom. The summed E-state index contributed by atoms with van der Waals surface area (Å²) in [6, 6.07) is 3.84. The zero-order valence-electron chi connectivity index (χ0n) is 12.3. The van der Waals surface area contributed by atoms with Gasteiger partial charge in [0, 0.05) is 6.04 Å². The molecule has 0 aliphatic rings. The topological polar surface area (TPSA) is 38.3 Å². The zero-order valence-corrected chi connectivity index (χ0v) is 12.3. The van der Waals surface area contributed by atoms with Gasteiger partial charge in [-0.25, -0.2) is 4.79 Å². The molecule has 1 aromatic carbocycles. The van der Waals surface area contributed by atoms with Crippen LogP contribution in [0.4, 0.5) is 13.2 Å². The molecule has 0 amide bonds. The maximum Gasteiger partial charge on any atom is 0.416 e. The third-order valence-corrected chi connectivity index (χ3v) is 3.16. The summed E-state index contributed by atoms with van der Waals surface area (Å²) in [4.78, 5) is 12.0. The molecule has 2 atom stereocenters. The summed E-state index contributed by atoms with van der Waals surface area (Å²) in [6.45, 7) is 5.76. The minimum Gasteiger partial charge on any atom is -0.465 e. The van der Waals surface area contributed by atoms with Crippen molar-refractivity contribution in [3.63, 3.8) is 0 Å². The number of esters is 1. The van der Waals surface area contributed by atoms with Crippen LogP contribution in [0.3, 0.4) is 0 Å². The van der Waals surface area contributed by atoms with Gasteiger partial charge in [-0.15, -0.1) is 0 Å². The number of alkyl halides is 3. The van der Waals surface area contributed by atoms with E-state index in [1.54, 1.807) is 6.92 Å². The SMILES string of the molecule is CCOC(=O)C(NC(C)CC)c1ccc(C(F)(F)F)cc1. The standard InChI is InChI=1S/C15H20F3NO2/c1-4-10(3)19-13(14(20)21-5-2)11-6-8-12(9-7-11)15(16,17)18/h6-10,13,19H,4-5H2,1-3H3. The third-order valence-electron chi connectivity index (χ3n) is 3.16. The molecule has 2 unspecified atom stereocenters. The minimum atomic E-state index is -4.39. The summed E-state index contributed by atoms with van der Waals surface area (Å²) in [5.74, 6) is -0.488. The van der Waals surface area contributed by atoms with Gasteiger partial charge in [-0.1, -0.05) is 19.1 Å². The van der Waals surface area contributed by atoms with Crippen molar-refractivity contribution < 1.29 is 22.7 Å². The average molecular weight is 303 g/mol. The number of benzene rings is 1. The van der Waals surface area contributed by atoms with Crippen LogP contribution in [0.1, 0.15) is 44.4 Å². The van der Waals surface area contributed by atoms with Gasteiger partial charge in [-0.3, -0.25) is 5.32 Å². The second kappa shape index (κ2) is 7.45. The van der Waals surface area contributed by atoms with E-state index < -0.39 is 23.8 Å². The van der Waals surface area contributed by atoms with Gasteiger partial charge in [-0.05, 0) is 38.0 Å². The van der Waals surface area contributed by atoms with E-state index in [0.717, 1.165) is 18.6 Å². The Morgan fingerprint density at radius 2 is 1.81 bits per heavy atom. The van der Waals surface area contributed by atoms with Crippen molar-refractivity contribution in [3.05, 3.63) is 35.4 Å². The Hall–Kier alpha value is -1.56. The molecule has 1 aromatic rings. The lowest BCUT2D eigenvalue weighted by Gasteiger charge is -2.22. The van der Waals surface area contributed by atoms with E-state index in [4.69, 9.17) is 4.74 Å². The normalized spacial score (nSPS) is 14.6. The molecule has 0 aliphatic heterocycles. The maximum absolute atomic E-state index is 12.6. The average Bonchev–Trinajstić information content (AvgIpc) is 2.43. The zero-order chi connectivity index (χ0) is 16.0. The smallest absolute Gasteiger partial charge is 0.416 e. The molecule has 0 aromatic heterocycles. The minimum absolute atomic E-state index is 0.0432. The highest BCUT2D eigenvalue weighted by Gasteiger charge is 2.31. The van der Waals surface area contributed by atoms with Crippen LogP contribution in [0.25, 0.3) is 0 Å². The van der Waals surface area contributed by atoms with E-state index >= 15 is 0 Å². The molecular formula is C15H20F3NO2. The molecule has 0 saturated heterocycles. The first-order valence-corrected chi connectivity index (χ1v) is 6.89. The highest BCUT2D eigenvalue weighted by atomic mass is 19.4. The van der Waals surface area contributed by atoms with E-state index in [1.807, 2.05) is 13.8 Å². The van der Waals surface area contributed by atoms with Gasteiger partial charge in [0.1, 0.15) is 6.04 Å². The summed E-state index contributed by atoms with van der Waals surface area (Å²) in [7, 11) is 0. The van der Waals surface area contributed by atoms with Crippen molar-refractivity contribution in [2.75, 3.05) is 6.61 Å². The largest absolute Gasteiger partial charge is 0.465 e. The van der Waals surface area contributed by atoms with Gasteiger partial charge in [0.25, 0.3) is 0 Å². The molecule has 0 fully saturated rings. The second-order valence-corrected chi connectivity index (χ2v) is 4.78. The molecule has 0 bridgehead atoms.